The van der Waals surface area contributed by atoms with Crippen molar-refractivity contribution < 1.29 is 27.2 Å². The Hall–Kier alpha value is -0.780. The Morgan fingerprint density at radius 3 is 2.00 bits per heavy atom. The van der Waals surface area contributed by atoms with Crippen LogP contribution < -0.4 is 0 Å². The predicted molar refractivity (Wildman–Crippen MR) is 35.0 cm³/mol. The fraction of sp³-hybridized carbons (Fsp3) is 0.833. The molecule has 0 saturated carbocycles. The standard InChI is InChI=1S/C6H11F3NO2/c1-10(2,3)4-12-5(11)6(7,8)9/h4H2,1-3H3/q+1. The van der Waals surface area contributed by atoms with Crippen molar-refractivity contribution in [1.29, 1.82) is 0 Å². The third kappa shape index (κ3) is 4.95. The zero-order valence-corrected chi connectivity index (χ0v) is 7.10. The van der Waals surface area contributed by atoms with Crippen molar-refractivity contribution in [1.82, 2.24) is 0 Å². The molecule has 0 bridgehead atoms. The van der Waals surface area contributed by atoms with E-state index in [-0.39, 0.29) is 11.2 Å². The zero-order valence-electron chi connectivity index (χ0n) is 7.10. The van der Waals surface area contributed by atoms with Crippen LogP contribution in [0.5, 0.6) is 0 Å². The molecular formula is C6H11F3NO2+. The molecule has 0 heterocycles. The molecule has 0 unspecified atom stereocenters. The van der Waals surface area contributed by atoms with Crippen molar-refractivity contribution >= 4 is 5.97 Å². The molecule has 0 N–H and O–H groups in total. The second-order valence-electron chi connectivity index (χ2n) is 3.35. The summed E-state index contributed by atoms with van der Waals surface area (Å²) in [5, 5.41) is 0. The van der Waals surface area contributed by atoms with E-state index in [4.69, 9.17) is 0 Å². The highest BCUT2D eigenvalue weighted by atomic mass is 19.4. The third-order valence-electron chi connectivity index (χ3n) is 0.814. The van der Waals surface area contributed by atoms with Crippen LogP contribution in [-0.4, -0.2) is 44.5 Å². The molecule has 0 atom stereocenters. The molecule has 0 saturated heterocycles. The molecule has 0 aromatic carbocycles. The van der Waals surface area contributed by atoms with Crippen LogP contribution in [0.1, 0.15) is 0 Å². The molecule has 0 aromatic heterocycles. The van der Waals surface area contributed by atoms with Gasteiger partial charge < -0.3 is 4.74 Å². The van der Waals surface area contributed by atoms with Crippen molar-refractivity contribution in [3.05, 3.63) is 0 Å². The van der Waals surface area contributed by atoms with E-state index in [0.29, 0.717) is 0 Å². The predicted octanol–water partition coefficient (Wildman–Crippen LogP) is 0.756. The van der Waals surface area contributed by atoms with Gasteiger partial charge in [-0.2, -0.15) is 13.2 Å². The maximum Gasteiger partial charge on any atom is 0.491 e. The SMILES string of the molecule is C[N+](C)(C)COC(=O)C(F)(F)F. The van der Waals surface area contributed by atoms with Crippen molar-refractivity contribution in [3.8, 4) is 0 Å². The van der Waals surface area contributed by atoms with E-state index in [2.05, 4.69) is 4.74 Å². The number of quaternary nitrogens is 1. The van der Waals surface area contributed by atoms with Crippen LogP contribution >= 0.6 is 0 Å². The number of hydrogen-bond donors (Lipinski definition) is 0. The quantitative estimate of drug-likeness (QED) is 0.361. The molecule has 0 aliphatic heterocycles. The Bertz CT molecular complexity index is 171. The molecule has 0 aromatic rings. The summed E-state index contributed by atoms with van der Waals surface area (Å²) in [6.07, 6.45) is -4.89. The lowest BCUT2D eigenvalue weighted by Crippen LogP contribution is -2.40. The highest BCUT2D eigenvalue weighted by Gasteiger charge is 2.41. The van der Waals surface area contributed by atoms with Gasteiger partial charge in [-0.1, -0.05) is 0 Å². The smallest absolute Gasteiger partial charge is 0.408 e. The second-order valence-corrected chi connectivity index (χ2v) is 3.35. The Balaban J connectivity index is 3.90. The highest BCUT2D eigenvalue weighted by molar-refractivity contribution is 5.75. The monoisotopic (exact) mass is 186 g/mol. The van der Waals surface area contributed by atoms with Crippen molar-refractivity contribution in [3.63, 3.8) is 0 Å². The number of nitrogens with zero attached hydrogens (tertiary/aromatic N) is 1. The fourth-order valence-electron chi connectivity index (χ4n) is 0.334. The lowest BCUT2D eigenvalue weighted by Gasteiger charge is -2.22. The Morgan fingerprint density at radius 1 is 1.33 bits per heavy atom. The number of halogens is 3. The number of carbonyl (C=O) groups is 1. The molecule has 0 aliphatic carbocycles. The van der Waals surface area contributed by atoms with Crippen LogP contribution in [-0.2, 0) is 9.53 Å². The fourth-order valence-corrected chi connectivity index (χ4v) is 0.334. The summed E-state index contributed by atoms with van der Waals surface area (Å²) in [6, 6.07) is 0. The van der Waals surface area contributed by atoms with Crippen LogP contribution in [0.3, 0.4) is 0 Å². The van der Waals surface area contributed by atoms with Gasteiger partial charge in [-0.3, -0.25) is 4.48 Å². The molecule has 72 valence electrons. The van der Waals surface area contributed by atoms with Crippen LogP contribution in [0.25, 0.3) is 0 Å². The van der Waals surface area contributed by atoms with Crippen molar-refractivity contribution in [2.75, 3.05) is 27.9 Å². The summed E-state index contributed by atoms with van der Waals surface area (Å²) in [5.41, 5.74) is 0. The van der Waals surface area contributed by atoms with Gasteiger partial charge in [-0.15, -0.1) is 0 Å². The number of esters is 1. The van der Waals surface area contributed by atoms with Gasteiger partial charge >= 0.3 is 12.1 Å². The first-order valence-corrected chi connectivity index (χ1v) is 3.17. The first kappa shape index (κ1) is 11.2. The molecular weight excluding hydrogens is 175 g/mol. The lowest BCUT2D eigenvalue weighted by molar-refractivity contribution is -0.888. The summed E-state index contributed by atoms with van der Waals surface area (Å²) in [4.78, 5) is 10.2. The third-order valence-corrected chi connectivity index (χ3v) is 0.814. The van der Waals surface area contributed by atoms with Gasteiger partial charge in [0.25, 0.3) is 0 Å². The second kappa shape index (κ2) is 3.30. The summed E-state index contributed by atoms with van der Waals surface area (Å²) < 4.78 is 38.7. The normalized spacial score (nSPS) is 12.8. The average molecular weight is 186 g/mol. The molecule has 0 amide bonds. The molecule has 6 heteroatoms. The van der Waals surface area contributed by atoms with E-state index < -0.39 is 12.1 Å². The Labute approximate surface area is 68.3 Å². The lowest BCUT2D eigenvalue weighted by atomic mass is 10.6. The van der Waals surface area contributed by atoms with Crippen molar-refractivity contribution in [2.45, 2.75) is 6.18 Å². The number of rotatable bonds is 2. The maximum atomic E-state index is 11.5. The number of alkyl halides is 3. The van der Waals surface area contributed by atoms with Gasteiger partial charge in [-0.25, -0.2) is 4.79 Å². The molecule has 0 fully saturated rings. The maximum absolute atomic E-state index is 11.5. The van der Waals surface area contributed by atoms with Crippen LogP contribution in [0.2, 0.25) is 0 Å². The molecule has 3 nitrogen and oxygen atoms in total. The molecule has 0 radical (unpaired) electrons. The summed E-state index contributed by atoms with van der Waals surface area (Å²) >= 11 is 0. The van der Waals surface area contributed by atoms with Gasteiger partial charge in [0.2, 0.25) is 6.73 Å². The topological polar surface area (TPSA) is 26.3 Å². The van der Waals surface area contributed by atoms with Gasteiger partial charge in [0.05, 0.1) is 21.1 Å². The highest BCUT2D eigenvalue weighted by Crippen LogP contribution is 2.16. The Morgan fingerprint density at radius 2 is 1.75 bits per heavy atom. The van der Waals surface area contributed by atoms with E-state index in [1.807, 2.05) is 0 Å². The summed E-state index contributed by atoms with van der Waals surface area (Å²) in [7, 11) is 4.84. The molecule has 0 rings (SSSR count). The summed E-state index contributed by atoms with van der Waals surface area (Å²) in [5.74, 6) is -2.14. The van der Waals surface area contributed by atoms with Crippen molar-refractivity contribution in [2.24, 2.45) is 0 Å². The van der Waals surface area contributed by atoms with Gasteiger partial charge in [0.15, 0.2) is 0 Å². The zero-order chi connectivity index (χ0) is 9.99. The number of carbonyl (C=O) groups excluding carboxylic acids is 1. The van der Waals surface area contributed by atoms with Crippen LogP contribution in [0.4, 0.5) is 13.2 Å². The van der Waals surface area contributed by atoms with Gasteiger partial charge in [-0.05, 0) is 0 Å². The molecule has 0 spiro atoms. The average Bonchev–Trinajstić information content (AvgIpc) is 1.78. The minimum atomic E-state index is -4.89. The van der Waals surface area contributed by atoms with E-state index in [9.17, 15) is 18.0 Å². The van der Waals surface area contributed by atoms with E-state index in [1.54, 1.807) is 21.1 Å². The van der Waals surface area contributed by atoms with E-state index in [0.717, 1.165) is 0 Å². The minimum absolute atomic E-state index is 0.141. The van der Waals surface area contributed by atoms with Crippen LogP contribution in [0.15, 0.2) is 0 Å². The minimum Gasteiger partial charge on any atom is -0.408 e. The number of ether oxygens (including phenoxy) is 1. The number of hydrogen-bond acceptors (Lipinski definition) is 2. The molecule has 0 aliphatic rings. The van der Waals surface area contributed by atoms with Gasteiger partial charge in [0.1, 0.15) is 0 Å². The molecule has 12 heavy (non-hydrogen) atoms. The summed E-state index contributed by atoms with van der Waals surface area (Å²) in [6.45, 7) is -0.293. The van der Waals surface area contributed by atoms with E-state index >= 15 is 0 Å². The van der Waals surface area contributed by atoms with Crippen LogP contribution in [0, 0.1) is 0 Å². The van der Waals surface area contributed by atoms with Gasteiger partial charge in [0, 0.05) is 0 Å². The largest absolute Gasteiger partial charge is 0.491 e. The first-order chi connectivity index (χ1) is 5.13. The first-order valence-electron chi connectivity index (χ1n) is 3.17. The van der Waals surface area contributed by atoms with E-state index in [1.165, 1.54) is 0 Å². The Kier molecular flexibility index (Phi) is 3.09.